The number of thioether (sulfide) groups is 1. The first-order chi connectivity index (χ1) is 12.6. The predicted octanol–water partition coefficient (Wildman–Crippen LogP) is 4.13. The molecule has 0 radical (unpaired) electrons. The molecule has 0 spiro atoms. The fourth-order valence-corrected chi connectivity index (χ4v) is 4.06. The maximum absolute atomic E-state index is 13.5. The smallest absolute Gasteiger partial charge is 0.234 e. The molecule has 132 valence electrons. The lowest BCUT2D eigenvalue weighted by Crippen LogP contribution is -2.27. The standard InChI is InChI=1S/C19H15F2N3OS/c20-14-7-6-12(8-15(14)21)10-24-17(25)11-26-19(24)16-9-22-18(23-16)13-4-2-1-3-5-13/h1-9,19H,10-11H2,(H,22,23). The molecule has 2 aromatic carbocycles. The monoisotopic (exact) mass is 371 g/mol. The second kappa shape index (κ2) is 6.92. The molecule has 1 saturated heterocycles. The van der Waals surface area contributed by atoms with Crippen molar-refractivity contribution in [1.29, 1.82) is 0 Å². The van der Waals surface area contributed by atoms with E-state index in [9.17, 15) is 13.6 Å². The van der Waals surface area contributed by atoms with Gasteiger partial charge in [-0.15, -0.1) is 11.8 Å². The van der Waals surface area contributed by atoms with Crippen LogP contribution < -0.4 is 0 Å². The zero-order valence-corrected chi connectivity index (χ0v) is 14.5. The van der Waals surface area contributed by atoms with Gasteiger partial charge in [0.15, 0.2) is 11.6 Å². The first kappa shape index (κ1) is 16.8. The number of amides is 1. The number of nitrogens with zero attached hydrogens (tertiary/aromatic N) is 2. The highest BCUT2D eigenvalue weighted by Crippen LogP contribution is 2.39. The van der Waals surface area contributed by atoms with Crippen molar-refractivity contribution >= 4 is 17.7 Å². The molecule has 1 unspecified atom stereocenters. The topological polar surface area (TPSA) is 49.0 Å². The summed E-state index contributed by atoms with van der Waals surface area (Å²) in [6.45, 7) is 0.216. The molecule has 0 saturated carbocycles. The quantitative estimate of drug-likeness (QED) is 0.750. The van der Waals surface area contributed by atoms with Gasteiger partial charge in [0.2, 0.25) is 5.91 Å². The van der Waals surface area contributed by atoms with Gasteiger partial charge in [-0.05, 0) is 17.7 Å². The van der Waals surface area contributed by atoms with Gasteiger partial charge in [-0.3, -0.25) is 4.79 Å². The van der Waals surface area contributed by atoms with Crippen LogP contribution in [0.2, 0.25) is 0 Å². The lowest BCUT2D eigenvalue weighted by atomic mass is 10.2. The van der Waals surface area contributed by atoms with E-state index in [-0.39, 0.29) is 17.8 Å². The summed E-state index contributed by atoms with van der Waals surface area (Å²) in [6, 6.07) is 13.4. The van der Waals surface area contributed by atoms with E-state index in [4.69, 9.17) is 0 Å². The van der Waals surface area contributed by atoms with Gasteiger partial charge in [0, 0.05) is 12.1 Å². The molecule has 1 fully saturated rings. The van der Waals surface area contributed by atoms with Crippen molar-refractivity contribution in [3.63, 3.8) is 0 Å². The second-order valence-corrected chi connectivity index (χ2v) is 7.06. The van der Waals surface area contributed by atoms with Crippen molar-refractivity contribution in [2.75, 3.05) is 5.75 Å². The average Bonchev–Trinajstić information content (AvgIpc) is 3.27. The van der Waals surface area contributed by atoms with Crippen LogP contribution in [0.5, 0.6) is 0 Å². The number of benzene rings is 2. The number of rotatable bonds is 4. The lowest BCUT2D eigenvalue weighted by Gasteiger charge is -2.23. The van der Waals surface area contributed by atoms with E-state index in [1.54, 1.807) is 11.1 Å². The zero-order chi connectivity index (χ0) is 18.1. The Kier molecular flexibility index (Phi) is 4.46. The molecule has 1 aliphatic rings. The number of imidazole rings is 1. The van der Waals surface area contributed by atoms with Gasteiger partial charge in [-0.2, -0.15) is 0 Å². The number of carbonyl (C=O) groups is 1. The number of hydrogen-bond acceptors (Lipinski definition) is 3. The van der Waals surface area contributed by atoms with Gasteiger partial charge >= 0.3 is 0 Å². The third kappa shape index (κ3) is 3.22. The Balaban J connectivity index is 1.58. The van der Waals surface area contributed by atoms with Crippen LogP contribution in [0.25, 0.3) is 11.4 Å². The highest BCUT2D eigenvalue weighted by molar-refractivity contribution is 8.00. The van der Waals surface area contributed by atoms with E-state index in [0.29, 0.717) is 11.3 Å². The highest BCUT2D eigenvalue weighted by atomic mass is 32.2. The summed E-state index contributed by atoms with van der Waals surface area (Å²) in [4.78, 5) is 21.6. The van der Waals surface area contributed by atoms with E-state index in [1.165, 1.54) is 17.8 Å². The maximum atomic E-state index is 13.5. The maximum Gasteiger partial charge on any atom is 0.234 e. The minimum absolute atomic E-state index is 0.0411. The Morgan fingerprint density at radius 1 is 1.15 bits per heavy atom. The largest absolute Gasteiger partial charge is 0.339 e. The Labute approximate surface area is 153 Å². The van der Waals surface area contributed by atoms with Crippen LogP contribution in [-0.2, 0) is 11.3 Å². The Bertz CT molecular complexity index is 945. The molecule has 1 aromatic heterocycles. The molecule has 4 nitrogen and oxygen atoms in total. The van der Waals surface area contributed by atoms with Crippen LogP contribution in [-0.4, -0.2) is 26.5 Å². The molecule has 7 heteroatoms. The number of H-pyrrole nitrogens is 1. The van der Waals surface area contributed by atoms with Crippen molar-refractivity contribution in [3.05, 3.63) is 77.6 Å². The van der Waals surface area contributed by atoms with Gasteiger partial charge in [-0.1, -0.05) is 36.4 Å². The van der Waals surface area contributed by atoms with E-state index >= 15 is 0 Å². The number of hydrogen-bond donors (Lipinski definition) is 1. The average molecular weight is 371 g/mol. The normalized spacial score (nSPS) is 17.1. The molecule has 1 N–H and O–H groups in total. The lowest BCUT2D eigenvalue weighted by molar-refractivity contribution is -0.128. The summed E-state index contributed by atoms with van der Waals surface area (Å²) in [7, 11) is 0. The van der Waals surface area contributed by atoms with Crippen LogP contribution in [0, 0.1) is 11.6 Å². The summed E-state index contributed by atoms with van der Waals surface area (Å²) < 4.78 is 26.6. The minimum atomic E-state index is -0.911. The molecular weight excluding hydrogens is 356 g/mol. The summed E-state index contributed by atoms with van der Waals surface area (Å²) in [5.41, 5.74) is 2.31. The van der Waals surface area contributed by atoms with Crippen LogP contribution in [0.15, 0.2) is 54.7 Å². The van der Waals surface area contributed by atoms with Crippen LogP contribution in [0.4, 0.5) is 8.78 Å². The number of halogens is 2. The molecule has 4 rings (SSSR count). The molecule has 0 bridgehead atoms. The van der Waals surface area contributed by atoms with Gasteiger partial charge in [0.1, 0.15) is 11.2 Å². The summed E-state index contributed by atoms with van der Waals surface area (Å²) >= 11 is 1.48. The van der Waals surface area contributed by atoms with Gasteiger partial charge in [0.05, 0.1) is 17.6 Å². The molecule has 1 aliphatic heterocycles. The number of carbonyl (C=O) groups excluding carboxylic acids is 1. The SMILES string of the molecule is O=C1CSC(c2cnc(-c3ccccc3)[nH]2)N1Cc1ccc(F)c(F)c1. The van der Waals surface area contributed by atoms with Crippen LogP contribution in [0.1, 0.15) is 16.6 Å². The van der Waals surface area contributed by atoms with Crippen molar-refractivity contribution < 1.29 is 13.6 Å². The van der Waals surface area contributed by atoms with E-state index in [2.05, 4.69) is 9.97 Å². The number of aromatic amines is 1. The highest BCUT2D eigenvalue weighted by Gasteiger charge is 2.34. The molecule has 1 amide bonds. The molecule has 1 atom stereocenters. The van der Waals surface area contributed by atoms with E-state index < -0.39 is 11.6 Å². The molecular formula is C19H15F2N3OS. The van der Waals surface area contributed by atoms with Crippen molar-refractivity contribution in [2.45, 2.75) is 11.9 Å². The third-order valence-corrected chi connectivity index (χ3v) is 5.45. The molecule has 2 heterocycles. The first-order valence-electron chi connectivity index (χ1n) is 8.07. The zero-order valence-electron chi connectivity index (χ0n) is 13.7. The van der Waals surface area contributed by atoms with Crippen LogP contribution in [0.3, 0.4) is 0 Å². The summed E-state index contributed by atoms with van der Waals surface area (Å²) in [6.07, 6.45) is 1.72. The van der Waals surface area contributed by atoms with E-state index in [0.717, 1.165) is 29.2 Å². The number of aromatic nitrogens is 2. The van der Waals surface area contributed by atoms with Crippen molar-refractivity contribution in [3.8, 4) is 11.4 Å². The third-order valence-electron chi connectivity index (χ3n) is 4.21. The number of nitrogens with one attached hydrogen (secondary N) is 1. The Hall–Kier alpha value is -2.67. The predicted molar refractivity (Wildman–Crippen MR) is 96.1 cm³/mol. The summed E-state index contributed by atoms with van der Waals surface area (Å²) in [5.74, 6) is -0.776. The van der Waals surface area contributed by atoms with Gasteiger partial charge < -0.3 is 9.88 Å². The molecule has 3 aromatic rings. The van der Waals surface area contributed by atoms with Gasteiger partial charge in [0.25, 0.3) is 0 Å². The van der Waals surface area contributed by atoms with Crippen LogP contribution >= 0.6 is 11.8 Å². The minimum Gasteiger partial charge on any atom is -0.339 e. The molecule has 26 heavy (non-hydrogen) atoms. The Morgan fingerprint density at radius 3 is 2.73 bits per heavy atom. The first-order valence-corrected chi connectivity index (χ1v) is 9.12. The fraction of sp³-hybridized carbons (Fsp3) is 0.158. The second-order valence-electron chi connectivity index (χ2n) is 5.99. The molecule has 0 aliphatic carbocycles. The fourth-order valence-electron chi connectivity index (χ4n) is 2.92. The van der Waals surface area contributed by atoms with E-state index in [1.807, 2.05) is 30.3 Å². The summed E-state index contributed by atoms with van der Waals surface area (Å²) in [5, 5.41) is -0.236. The van der Waals surface area contributed by atoms with Crippen molar-refractivity contribution in [1.82, 2.24) is 14.9 Å². The Morgan fingerprint density at radius 2 is 1.96 bits per heavy atom. The van der Waals surface area contributed by atoms with Gasteiger partial charge in [-0.25, -0.2) is 13.8 Å². The van der Waals surface area contributed by atoms with Crippen molar-refractivity contribution in [2.24, 2.45) is 0 Å².